The second-order valence-electron chi connectivity index (χ2n) is 18.6. The Morgan fingerprint density at radius 2 is 0.732 bits per heavy atom. The topological polar surface area (TPSA) is 486 Å². The summed E-state index contributed by atoms with van der Waals surface area (Å²) in [6.45, 7) is 12.7. The van der Waals surface area contributed by atoms with E-state index < -0.39 is 95.7 Å². The SMILES string of the molecule is CC(C)C[C@H](NC(=O)[C@H](CCCN=C(N)N)NC(=O)[C@H](CCCN=C(N)N)NC(=O)[C@H](CC(C)C)NC(=O)[C@H](C)NC(=O)[C@H](CCCCN)NC(=O)[C@H](CCCN=C(N)N)NC(=O)[C@@H](N)C(C)C)C(=O)O. The van der Waals surface area contributed by atoms with E-state index in [0.717, 1.165) is 0 Å². The van der Waals surface area contributed by atoms with Crippen LogP contribution in [0.1, 0.15) is 119 Å². The maximum Gasteiger partial charge on any atom is 0.326 e. The molecule has 71 heavy (non-hydrogen) atoms. The molecule has 0 radical (unpaired) electrons. The van der Waals surface area contributed by atoms with Crippen LogP contribution in [0.2, 0.25) is 0 Å². The molecule has 0 rings (SSSR count). The first kappa shape index (κ1) is 64.5. The highest BCUT2D eigenvalue weighted by atomic mass is 16.4. The molecule has 24 N–H and O–H groups in total. The Morgan fingerprint density at radius 3 is 1.07 bits per heavy atom. The van der Waals surface area contributed by atoms with Gasteiger partial charge in [-0.25, -0.2) is 4.79 Å². The monoisotopic (exact) mass is 1010 g/mol. The predicted octanol–water partition coefficient (Wildman–Crippen LogP) is -4.15. The van der Waals surface area contributed by atoms with Gasteiger partial charge in [0.1, 0.15) is 42.3 Å². The van der Waals surface area contributed by atoms with Gasteiger partial charge in [-0.1, -0.05) is 41.5 Å². The molecule has 0 aliphatic rings. The highest BCUT2D eigenvalue weighted by Gasteiger charge is 2.34. The van der Waals surface area contributed by atoms with E-state index in [9.17, 15) is 43.5 Å². The summed E-state index contributed by atoms with van der Waals surface area (Å²) >= 11 is 0. The van der Waals surface area contributed by atoms with Gasteiger partial charge in [0, 0.05) is 19.6 Å². The lowest BCUT2D eigenvalue weighted by molar-refractivity contribution is -0.143. The number of carboxylic acid groups (broad SMARTS) is 1. The molecular formula is C44H86N18O9. The number of hydrogen-bond acceptors (Lipinski definition) is 13. The van der Waals surface area contributed by atoms with Gasteiger partial charge < -0.3 is 88.2 Å². The Hall–Kier alpha value is -6.51. The number of guanidine groups is 3. The molecule has 0 heterocycles. The van der Waals surface area contributed by atoms with Gasteiger partial charge in [0.15, 0.2) is 17.9 Å². The lowest BCUT2D eigenvalue weighted by Gasteiger charge is -2.28. The van der Waals surface area contributed by atoms with Crippen molar-refractivity contribution in [1.82, 2.24) is 37.2 Å². The van der Waals surface area contributed by atoms with E-state index in [4.69, 9.17) is 45.9 Å². The minimum atomic E-state index is -1.32. The summed E-state index contributed by atoms with van der Waals surface area (Å²) in [4.78, 5) is 120. The highest BCUT2D eigenvalue weighted by Crippen LogP contribution is 2.12. The van der Waals surface area contributed by atoms with Crippen LogP contribution < -0.4 is 83.1 Å². The molecule has 8 atom stereocenters. The smallest absolute Gasteiger partial charge is 0.326 e. The van der Waals surface area contributed by atoms with E-state index >= 15 is 0 Å². The van der Waals surface area contributed by atoms with Crippen LogP contribution in [0, 0.1) is 17.8 Å². The Morgan fingerprint density at radius 1 is 0.423 bits per heavy atom. The Balaban J connectivity index is 6.57. The molecule has 0 aromatic carbocycles. The lowest BCUT2D eigenvalue weighted by Crippen LogP contribution is -2.60. The first-order valence-corrected chi connectivity index (χ1v) is 24.2. The largest absolute Gasteiger partial charge is 0.480 e. The van der Waals surface area contributed by atoms with Gasteiger partial charge in [0.25, 0.3) is 0 Å². The fourth-order valence-electron chi connectivity index (χ4n) is 6.81. The molecule has 0 aliphatic heterocycles. The predicted molar refractivity (Wildman–Crippen MR) is 271 cm³/mol. The summed E-state index contributed by atoms with van der Waals surface area (Å²) in [6, 6.07) is -9.62. The van der Waals surface area contributed by atoms with E-state index in [-0.39, 0.29) is 113 Å². The molecule has 0 unspecified atom stereocenters. The molecule has 0 spiro atoms. The summed E-state index contributed by atoms with van der Waals surface area (Å²) in [5.74, 6) is -7.50. The van der Waals surface area contributed by atoms with Crippen molar-refractivity contribution in [2.45, 2.75) is 167 Å². The molecule has 0 bridgehead atoms. The van der Waals surface area contributed by atoms with Crippen LogP contribution in [-0.4, -0.2) is 145 Å². The number of carbonyl (C=O) groups excluding carboxylic acids is 7. The van der Waals surface area contributed by atoms with Crippen molar-refractivity contribution in [1.29, 1.82) is 0 Å². The zero-order chi connectivity index (χ0) is 54.4. The molecule has 406 valence electrons. The van der Waals surface area contributed by atoms with Crippen LogP contribution in [0.15, 0.2) is 15.0 Å². The van der Waals surface area contributed by atoms with Crippen LogP contribution in [-0.2, 0) is 38.4 Å². The number of nitrogens with two attached hydrogens (primary N) is 8. The zero-order valence-corrected chi connectivity index (χ0v) is 42.6. The minimum Gasteiger partial charge on any atom is -0.480 e. The number of aliphatic carboxylic acids is 1. The first-order chi connectivity index (χ1) is 33.2. The standard InChI is InChI=1S/C44H86N18O9/c1-23(2)21-31(39(68)59-28(14-10-18-53-42(47)48)36(65)58-29(15-11-19-54-43(49)50)38(67)62-32(41(70)71)22-24(3)4)61-34(63)26(7)56-35(64)27(13-8-9-17-45)57-37(66)30(16-12-20-55-44(51)52)60-40(69)33(46)25(5)6/h23-33H,8-22,45-46H2,1-7H3,(H,56,64)(H,57,66)(H,58,65)(H,59,68)(H,60,69)(H,61,63)(H,62,67)(H,70,71)(H4,47,48,53)(H4,49,50,54)(H4,51,52,55)/t26-,27-,28-,29-,30-,31-,32-,33-/m0/s1. The minimum absolute atomic E-state index is 0.0188. The van der Waals surface area contributed by atoms with Crippen LogP contribution >= 0.6 is 0 Å². The summed E-state index contributed by atoms with van der Waals surface area (Å²) < 4.78 is 0. The van der Waals surface area contributed by atoms with E-state index in [1.165, 1.54) is 6.92 Å². The van der Waals surface area contributed by atoms with Gasteiger partial charge in [-0.3, -0.25) is 48.5 Å². The summed E-state index contributed by atoms with van der Waals surface area (Å²) in [7, 11) is 0. The van der Waals surface area contributed by atoms with E-state index in [2.05, 4.69) is 52.2 Å². The number of carbonyl (C=O) groups is 8. The molecule has 27 nitrogen and oxygen atoms in total. The van der Waals surface area contributed by atoms with Crippen LogP contribution in [0.4, 0.5) is 0 Å². The van der Waals surface area contributed by atoms with Crippen molar-refractivity contribution in [2.24, 2.45) is 78.6 Å². The first-order valence-electron chi connectivity index (χ1n) is 24.2. The highest BCUT2D eigenvalue weighted by molar-refractivity contribution is 5.97. The zero-order valence-electron chi connectivity index (χ0n) is 42.6. The molecule has 0 saturated carbocycles. The van der Waals surface area contributed by atoms with Gasteiger partial charge in [0.05, 0.1) is 6.04 Å². The summed E-state index contributed by atoms with van der Waals surface area (Å²) in [6.07, 6.45) is 1.92. The van der Waals surface area contributed by atoms with Crippen LogP contribution in [0.3, 0.4) is 0 Å². The van der Waals surface area contributed by atoms with Crippen molar-refractivity contribution in [2.75, 3.05) is 26.2 Å². The second kappa shape index (κ2) is 34.7. The number of nitrogens with one attached hydrogen (secondary N) is 7. The third kappa shape index (κ3) is 28.7. The van der Waals surface area contributed by atoms with Crippen molar-refractivity contribution < 1.29 is 43.5 Å². The van der Waals surface area contributed by atoms with Crippen molar-refractivity contribution >= 4 is 65.2 Å². The van der Waals surface area contributed by atoms with Gasteiger partial charge in [-0.2, -0.15) is 0 Å². The molecule has 27 heteroatoms. The average molecular weight is 1010 g/mol. The average Bonchev–Trinajstić information content (AvgIpc) is 3.27. The number of amides is 7. The number of rotatable bonds is 36. The number of unbranched alkanes of at least 4 members (excludes halogenated alkanes) is 1. The Bertz CT molecular complexity index is 1800. The number of aliphatic imine (C=N–C) groups is 3. The van der Waals surface area contributed by atoms with Crippen molar-refractivity contribution in [3.8, 4) is 0 Å². The van der Waals surface area contributed by atoms with Crippen LogP contribution in [0.25, 0.3) is 0 Å². The molecule has 0 saturated heterocycles. The molecular weight excluding hydrogens is 925 g/mol. The fourth-order valence-corrected chi connectivity index (χ4v) is 6.81. The Labute approximate surface area is 417 Å². The summed E-state index contributed by atoms with van der Waals surface area (Å²) in [5.41, 5.74) is 44.5. The quantitative estimate of drug-likeness (QED) is 0.0161. The lowest BCUT2D eigenvalue weighted by atomic mass is 10.0. The number of nitrogens with zero attached hydrogens (tertiary/aromatic N) is 3. The van der Waals surface area contributed by atoms with Gasteiger partial charge in [-0.15, -0.1) is 0 Å². The number of carboxylic acids is 1. The summed E-state index contributed by atoms with van der Waals surface area (Å²) in [5, 5.41) is 28.2. The maximum atomic E-state index is 14.1. The van der Waals surface area contributed by atoms with Crippen molar-refractivity contribution in [3.63, 3.8) is 0 Å². The molecule has 0 aliphatic carbocycles. The van der Waals surface area contributed by atoms with Crippen molar-refractivity contribution in [3.05, 3.63) is 0 Å². The number of hydrogen-bond donors (Lipinski definition) is 16. The van der Waals surface area contributed by atoms with Gasteiger partial charge >= 0.3 is 5.97 Å². The maximum absolute atomic E-state index is 14.1. The van der Waals surface area contributed by atoms with E-state index in [1.54, 1.807) is 41.5 Å². The molecule has 0 fully saturated rings. The second-order valence-corrected chi connectivity index (χ2v) is 18.6. The van der Waals surface area contributed by atoms with Gasteiger partial charge in [0.2, 0.25) is 41.4 Å². The Kier molecular flexibility index (Phi) is 31.5. The third-order valence-corrected chi connectivity index (χ3v) is 10.7. The molecule has 0 aromatic rings. The van der Waals surface area contributed by atoms with E-state index in [0.29, 0.717) is 19.4 Å². The van der Waals surface area contributed by atoms with E-state index in [1.807, 2.05) is 0 Å². The molecule has 7 amide bonds. The van der Waals surface area contributed by atoms with Crippen LogP contribution in [0.5, 0.6) is 0 Å². The normalized spacial score (nSPS) is 14.5. The molecule has 0 aromatic heterocycles. The third-order valence-electron chi connectivity index (χ3n) is 10.7. The van der Waals surface area contributed by atoms with Gasteiger partial charge in [-0.05, 0) is 102 Å². The fraction of sp³-hybridized carbons (Fsp3) is 0.750.